The molecule has 0 spiro atoms. The third kappa shape index (κ3) is 3.91. The van der Waals surface area contributed by atoms with Crippen LogP contribution in [0.15, 0.2) is 12.1 Å². The number of piperidine rings is 1. The summed E-state index contributed by atoms with van der Waals surface area (Å²) in [4.78, 5) is 28.4. The van der Waals surface area contributed by atoms with Gasteiger partial charge in [0.15, 0.2) is 0 Å². The van der Waals surface area contributed by atoms with Crippen molar-refractivity contribution in [3.05, 3.63) is 32.6 Å². The van der Waals surface area contributed by atoms with Gasteiger partial charge in [-0.15, -0.1) is 0 Å². The number of amides is 2. The molecule has 5 nitrogen and oxygen atoms in total. The van der Waals surface area contributed by atoms with Crippen LogP contribution in [0.25, 0.3) is 0 Å². The molecule has 7 heteroatoms. The zero-order valence-electron chi connectivity index (χ0n) is 14.6. The molecule has 0 N–H and O–H groups in total. The van der Waals surface area contributed by atoms with E-state index >= 15 is 0 Å². The van der Waals surface area contributed by atoms with Crippen molar-refractivity contribution >= 4 is 34.6 Å². The molecule has 2 heterocycles. The van der Waals surface area contributed by atoms with Gasteiger partial charge in [0, 0.05) is 29.2 Å². The summed E-state index contributed by atoms with van der Waals surface area (Å²) >= 11 is 2.02. The highest BCUT2D eigenvalue weighted by molar-refractivity contribution is 14.1. The number of benzene rings is 1. The van der Waals surface area contributed by atoms with Crippen molar-refractivity contribution in [2.45, 2.75) is 51.8 Å². The lowest BCUT2D eigenvalue weighted by Crippen LogP contribution is -2.48. The van der Waals surface area contributed by atoms with Crippen molar-refractivity contribution in [3.63, 3.8) is 0 Å². The van der Waals surface area contributed by atoms with Gasteiger partial charge in [0.1, 0.15) is 11.4 Å². The summed E-state index contributed by atoms with van der Waals surface area (Å²) in [6.45, 7) is 7.10. The van der Waals surface area contributed by atoms with Gasteiger partial charge in [-0.05, 0) is 73.9 Å². The first kappa shape index (κ1) is 18.4. The zero-order chi connectivity index (χ0) is 18.4. The third-order valence-electron chi connectivity index (χ3n) is 4.51. The largest absolute Gasteiger partial charge is 0.444 e. The molecule has 2 amide bonds. The maximum atomic E-state index is 13.6. The summed E-state index contributed by atoms with van der Waals surface area (Å²) in [5.74, 6) is -0.340. The van der Waals surface area contributed by atoms with Gasteiger partial charge < -0.3 is 14.5 Å². The van der Waals surface area contributed by atoms with E-state index < -0.39 is 5.60 Å². The molecule has 0 aromatic heterocycles. The highest BCUT2D eigenvalue weighted by atomic mass is 127. The normalized spacial score (nSPS) is 18.5. The van der Waals surface area contributed by atoms with Crippen LogP contribution in [-0.4, -0.2) is 46.5 Å². The van der Waals surface area contributed by atoms with Gasteiger partial charge in [0.2, 0.25) is 0 Å². The van der Waals surface area contributed by atoms with Crippen molar-refractivity contribution in [3.8, 4) is 0 Å². The van der Waals surface area contributed by atoms with E-state index in [0.29, 0.717) is 41.6 Å². The number of halogens is 2. The number of likely N-dealkylation sites (tertiary alicyclic amines) is 1. The molecule has 1 fully saturated rings. The van der Waals surface area contributed by atoms with Gasteiger partial charge in [-0.2, -0.15) is 0 Å². The number of nitrogens with zero attached hydrogens (tertiary/aromatic N) is 2. The highest BCUT2D eigenvalue weighted by Gasteiger charge is 2.37. The first-order valence-electron chi connectivity index (χ1n) is 8.42. The van der Waals surface area contributed by atoms with Crippen molar-refractivity contribution in [2.75, 3.05) is 13.1 Å². The van der Waals surface area contributed by atoms with E-state index in [1.807, 2.05) is 48.3 Å². The van der Waals surface area contributed by atoms with Crippen LogP contribution in [0.4, 0.5) is 9.18 Å². The summed E-state index contributed by atoms with van der Waals surface area (Å²) in [7, 11) is 0. The van der Waals surface area contributed by atoms with E-state index in [4.69, 9.17) is 4.74 Å². The number of fused-ring (bicyclic) bond motifs is 1. The van der Waals surface area contributed by atoms with Crippen LogP contribution in [0.1, 0.15) is 49.5 Å². The van der Waals surface area contributed by atoms with E-state index in [0.717, 1.165) is 5.56 Å². The molecule has 136 valence electrons. The van der Waals surface area contributed by atoms with E-state index in [2.05, 4.69) is 0 Å². The second-order valence-corrected chi connectivity index (χ2v) is 8.72. The molecule has 2 aliphatic heterocycles. The Kier molecular flexibility index (Phi) is 4.96. The van der Waals surface area contributed by atoms with Gasteiger partial charge in [-0.1, -0.05) is 0 Å². The van der Waals surface area contributed by atoms with Crippen molar-refractivity contribution in [1.29, 1.82) is 0 Å². The van der Waals surface area contributed by atoms with E-state index in [1.165, 1.54) is 12.1 Å². The maximum absolute atomic E-state index is 13.6. The Labute approximate surface area is 160 Å². The molecule has 1 saturated heterocycles. The van der Waals surface area contributed by atoms with Crippen LogP contribution >= 0.6 is 22.6 Å². The average Bonchev–Trinajstić information content (AvgIpc) is 2.82. The minimum absolute atomic E-state index is 0.0323. The second-order valence-electron chi connectivity index (χ2n) is 7.55. The summed E-state index contributed by atoms with van der Waals surface area (Å²) in [5, 5.41) is 0. The second kappa shape index (κ2) is 6.74. The molecule has 1 aromatic rings. The average molecular weight is 460 g/mol. The Morgan fingerprint density at radius 3 is 2.52 bits per heavy atom. The first-order chi connectivity index (χ1) is 11.7. The molecule has 0 radical (unpaired) electrons. The predicted octanol–water partition coefficient (Wildman–Crippen LogP) is 3.79. The zero-order valence-corrected chi connectivity index (χ0v) is 16.8. The van der Waals surface area contributed by atoms with Gasteiger partial charge in [-0.3, -0.25) is 4.79 Å². The number of hydrogen-bond acceptors (Lipinski definition) is 3. The molecule has 25 heavy (non-hydrogen) atoms. The summed E-state index contributed by atoms with van der Waals surface area (Å²) in [5.41, 5.74) is 0.863. The summed E-state index contributed by atoms with van der Waals surface area (Å²) in [6.07, 6.45) is 1.11. The van der Waals surface area contributed by atoms with Gasteiger partial charge in [0.05, 0.1) is 5.56 Å². The lowest BCUT2D eigenvalue weighted by Gasteiger charge is -2.37. The Hall–Kier alpha value is -1.38. The lowest BCUT2D eigenvalue weighted by molar-refractivity contribution is 0.0148. The number of rotatable bonds is 1. The number of carbonyl (C=O) groups excluding carboxylic acids is 2. The molecular formula is C18H22FIN2O3. The fourth-order valence-electron chi connectivity index (χ4n) is 3.37. The number of carbonyl (C=O) groups is 2. The molecule has 0 bridgehead atoms. The van der Waals surface area contributed by atoms with Crippen LogP contribution in [0.3, 0.4) is 0 Å². The smallest absolute Gasteiger partial charge is 0.410 e. The summed E-state index contributed by atoms with van der Waals surface area (Å²) < 4.78 is 19.7. The molecule has 0 unspecified atom stereocenters. The number of ether oxygens (including phenoxy) is 1. The van der Waals surface area contributed by atoms with Crippen molar-refractivity contribution in [1.82, 2.24) is 9.80 Å². The van der Waals surface area contributed by atoms with Crippen molar-refractivity contribution in [2.24, 2.45) is 0 Å². The predicted molar refractivity (Wildman–Crippen MR) is 99.8 cm³/mol. The Balaban J connectivity index is 1.64. The standard InChI is InChI=1S/C18H22FIN2O3/c1-18(2,3)25-17(24)21-6-4-13(5-7-21)22-10-11-8-12(19)9-14(20)15(11)16(22)23/h8-9,13H,4-7,10H2,1-3H3. The van der Waals surface area contributed by atoms with Crippen LogP contribution in [0.5, 0.6) is 0 Å². The molecule has 1 aromatic carbocycles. The molecule has 0 aliphatic carbocycles. The monoisotopic (exact) mass is 460 g/mol. The maximum Gasteiger partial charge on any atom is 0.410 e. The SMILES string of the molecule is CC(C)(C)OC(=O)N1CCC(N2Cc3cc(F)cc(I)c3C2=O)CC1. The minimum atomic E-state index is -0.513. The van der Waals surface area contributed by atoms with Crippen LogP contribution in [-0.2, 0) is 11.3 Å². The fraction of sp³-hybridized carbons (Fsp3) is 0.556. The van der Waals surface area contributed by atoms with Gasteiger partial charge in [0.25, 0.3) is 5.91 Å². The lowest BCUT2D eigenvalue weighted by atomic mass is 10.0. The van der Waals surface area contributed by atoms with Crippen LogP contribution in [0, 0.1) is 9.39 Å². The summed E-state index contributed by atoms with van der Waals surface area (Å²) in [6, 6.07) is 2.91. The van der Waals surface area contributed by atoms with Gasteiger partial charge in [-0.25, -0.2) is 9.18 Å². The van der Waals surface area contributed by atoms with E-state index in [1.54, 1.807) is 4.90 Å². The van der Waals surface area contributed by atoms with Crippen molar-refractivity contribution < 1.29 is 18.7 Å². The molecule has 2 aliphatic rings. The van der Waals surface area contributed by atoms with Gasteiger partial charge >= 0.3 is 6.09 Å². The molecule has 0 atom stereocenters. The van der Waals surface area contributed by atoms with Crippen LogP contribution in [0.2, 0.25) is 0 Å². The Bertz CT molecular complexity index is 709. The minimum Gasteiger partial charge on any atom is -0.444 e. The van der Waals surface area contributed by atoms with E-state index in [-0.39, 0.29) is 23.9 Å². The topological polar surface area (TPSA) is 49.9 Å². The first-order valence-corrected chi connectivity index (χ1v) is 9.50. The number of hydrogen-bond donors (Lipinski definition) is 0. The molecule has 0 saturated carbocycles. The third-order valence-corrected chi connectivity index (χ3v) is 5.36. The quantitative estimate of drug-likeness (QED) is 0.600. The van der Waals surface area contributed by atoms with Crippen LogP contribution < -0.4 is 0 Å². The van der Waals surface area contributed by atoms with E-state index in [9.17, 15) is 14.0 Å². The Morgan fingerprint density at radius 2 is 1.92 bits per heavy atom. The molecular weight excluding hydrogens is 438 g/mol. The fourth-order valence-corrected chi connectivity index (χ4v) is 4.25. The molecule has 3 rings (SSSR count). The highest BCUT2D eigenvalue weighted by Crippen LogP contribution is 2.32. The Morgan fingerprint density at radius 1 is 1.28 bits per heavy atom.